The Labute approximate surface area is 115 Å². The van der Waals surface area contributed by atoms with Crippen molar-refractivity contribution in [2.75, 3.05) is 5.73 Å². The zero-order chi connectivity index (χ0) is 14.9. The Kier molecular flexibility index (Phi) is 3.51. The molecule has 0 unspecified atom stereocenters. The first-order valence-corrected chi connectivity index (χ1v) is 5.92. The quantitative estimate of drug-likeness (QED) is 0.681. The highest BCUT2D eigenvalue weighted by Gasteiger charge is 2.13. The number of hydrogen-bond acceptors (Lipinski definition) is 6. The van der Waals surface area contributed by atoms with Gasteiger partial charge in [0.1, 0.15) is 17.4 Å². The van der Waals surface area contributed by atoms with Crippen LogP contribution in [-0.2, 0) is 0 Å². The highest BCUT2D eigenvalue weighted by molar-refractivity contribution is 5.48. The molecule has 0 aliphatic heterocycles. The Morgan fingerprint density at radius 1 is 1.25 bits per heavy atom. The van der Waals surface area contributed by atoms with Gasteiger partial charge in [0.15, 0.2) is 0 Å². The summed E-state index contributed by atoms with van der Waals surface area (Å²) in [4.78, 5) is 18.5. The summed E-state index contributed by atoms with van der Waals surface area (Å²) in [5.41, 5.74) is 6.95. The summed E-state index contributed by atoms with van der Waals surface area (Å²) in [6, 6.07) is 4.51. The molecule has 0 saturated heterocycles. The van der Waals surface area contributed by atoms with Gasteiger partial charge in [-0.25, -0.2) is 4.98 Å². The minimum Gasteiger partial charge on any atom is -0.439 e. The fraction of sp³-hybridized carbons (Fsp3) is 0.231. The SMILES string of the molecule is Cc1nc(N)c(C)c(Oc2ccc([N+](=O)[O-])c(C)c2)n1. The van der Waals surface area contributed by atoms with E-state index in [1.54, 1.807) is 26.8 Å². The minimum absolute atomic E-state index is 0.0486. The van der Waals surface area contributed by atoms with Crippen molar-refractivity contribution in [3.05, 3.63) is 45.3 Å². The number of benzene rings is 1. The molecule has 2 aromatic rings. The molecule has 2 N–H and O–H groups in total. The van der Waals surface area contributed by atoms with Crippen molar-refractivity contribution < 1.29 is 9.66 Å². The molecular weight excluding hydrogens is 260 g/mol. The molecule has 0 atom stereocenters. The Morgan fingerprint density at radius 3 is 2.55 bits per heavy atom. The lowest BCUT2D eigenvalue weighted by Crippen LogP contribution is -2.02. The monoisotopic (exact) mass is 274 g/mol. The second-order valence-electron chi connectivity index (χ2n) is 4.39. The molecule has 2 rings (SSSR count). The molecule has 0 amide bonds. The maximum atomic E-state index is 10.8. The van der Waals surface area contributed by atoms with Crippen LogP contribution in [0.1, 0.15) is 17.0 Å². The van der Waals surface area contributed by atoms with Crippen molar-refractivity contribution in [3.63, 3.8) is 0 Å². The smallest absolute Gasteiger partial charge is 0.272 e. The largest absolute Gasteiger partial charge is 0.439 e. The third kappa shape index (κ3) is 2.66. The van der Waals surface area contributed by atoms with Crippen LogP contribution in [0.2, 0.25) is 0 Å². The summed E-state index contributed by atoms with van der Waals surface area (Å²) in [6.45, 7) is 5.11. The lowest BCUT2D eigenvalue weighted by atomic mass is 10.2. The minimum atomic E-state index is -0.433. The Bertz CT molecular complexity index is 686. The Balaban J connectivity index is 2.36. The first kappa shape index (κ1) is 13.7. The van der Waals surface area contributed by atoms with Crippen molar-refractivity contribution >= 4 is 11.5 Å². The first-order chi connectivity index (χ1) is 9.38. The van der Waals surface area contributed by atoms with E-state index in [9.17, 15) is 10.1 Å². The fourth-order valence-electron chi connectivity index (χ4n) is 1.73. The number of nitrogen functional groups attached to an aromatic ring is 1. The molecular formula is C13H14N4O3. The van der Waals surface area contributed by atoms with E-state index in [1.807, 2.05) is 0 Å². The third-order valence-corrected chi connectivity index (χ3v) is 2.83. The molecule has 0 saturated carbocycles. The van der Waals surface area contributed by atoms with E-state index in [2.05, 4.69) is 9.97 Å². The van der Waals surface area contributed by atoms with Crippen LogP contribution in [0, 0.1) is 30.9 Å². The summed E-state index contributed by atoms with van der Waals surface area (Å²) < 4.78 is 5.63. The van der Waals surface area contributed by atoms with Crippen LogP contribution in [0.3, 0.4) is 0 Å². The zero-order valence-corrected chi connectivity index (χ0v) is 11.4. The maximum absolute atomic E-state index is 10.8. The van der Waals surface area contributed by atoms with Crippen LogP contribution in [0.25, 0.3) is 0 Å². The molecule has 0 bridgehead atoms. The number of nitro groups is 1. The van der Waals surface area contributed by atoms with Gasteiger partial charge in [0.2, 0.25) is 5.88 Å². The number of rotatable bonds is 3. The van der Waals surface area contributed by atoms with Crippen molar-refractivity contribution in [1.29, 1.82) is 0 Å². The zero-order valence-electron chi connectivity index (χ0n) is 11.4. The van der Waals surface area contributed by atoms with Crippen LogP contribution >= 0.6 is 0 Å². The van der Waals surface area contributed by atoms with Gasteiger partial charge in [0.05, 0.1) is 10.5 Å². The van der Waals surface area contributed by atoms with Gasteiger partial charge in [-0.1, -0.05) is 0 Å². The fourth-order valence-corrected chi connectivity index (χ4v) is 1.73. The standard InChI is InChI=1S/C13H14N4O3/c1-7-6-10(4-5-11(7)17(18)19)20-13-8(2)12(14)15-9(3)16-13/h4-6H,1-3H3,(H2,14,15,16). The van der Waals surface area contributed by atoms with Crippen molar-refractivity contribution in [2.45, 2.75) is 20.8 Å². The number of nitrogens with zero attached hydrogens (tertiary/aromatic N) is 3. The predicted octanol–water partition coefficient (Wildman–Crippen LogP) is 2.68. The van der Waals surface area contributed by atoms with Crippen molar-refractivity contribution in [1.82, 2.24) is 9.97 Å². The summed E-state index contributed by atoms with van der Waals surface area (Å²) in [5, 5.41) is 10.8. The number of nitrogens with two attached hydrogens (primary N) is 1. The normalized spacial score (nSPS) is 10.3. The molecule has 0 aliphatic rings. The van der Waals surface area contributed by atoms with Crippen LogP contribution in [0.5, 0.6) is 11.6 Å². The molecule has 7 heteroatoms. The number of nitro benzene ring substituents is 1. The lowest BCUT2D eigenvalue weighted by molar-refractivity contribution is -0.385. The number of aryl methyl sites for hydroxylation is 2. The van der Waals surface area contributed by atoms with Gasteiger partial charge in [-0.15, -0.1) is 0 Å². The van der Waals surface area contributed by atoms with Gasteiger partial charge in [-0.3, -0.25) is 10.1 Å². The topological polar surface area (TPSA) is 104 Å². The molecule has 0 radical (unpaired) electrons. The van der Waals surface area contributed by atoms with Crippen molar-refractivity contribution in [3.8, 4) is 11.6 Å². The molecule has 0 aliphatic carbocycles. The van der Waals surface area contributed by atoms with Gasteiger partial charge < -0.3 is 10.5 Å². The van der Waals surface area contributed by atoms with Gasteiger partial charge in [0.25, 0.3) is 5.69 Å². The summed E-state index contributed by atoms with van der Waals surface area (Å²) >= 11 is 0. The van der Waals surface area contributed by atoms with Crippen LogP contribution < -0.4 is 10.5 Å². The van der Waals surface area contributed by atoms with Gasteiger partial charge >= 0.3 is 0 Å². The van der Waals surface area contributed by atoms with Gasteiger partial charge in [0, 0.05) is 11.6 Å². The van der Waals surface area contributed by atoms with Gasteiger partial charge in [-0.05, 0) is 32.9 Å². The predicted molar refractivity (Wildman–Crippen MR) is 73.8 cm³/mol. The highest BCUT2D eigenvalue weighted by Crippen LogP contribution is 2.29. The van der Waals surface area contributed by atoms with E-state index in [0.29, 0.717) is 34.4 Å². The summed E-state index contributed by atoms with van der Waals surface area (Å²) in [7, 11) is 0. The van der Waals surface area contributed by atoms with Gasteiger partial charge in [-0.2, -0.15) is 4.98 Å². The van der Waals surface area contributed by atoms with E-state index < -0.39 is 4.92 Å². The Morgan fingerprint density at radius 2 is 1.95 bits per heavy atom. The van der Waals surface area contributed by atoms with Crippen LogP contribution in [-0.4, -0.2) is 14.9 Å². The summed E-state index contributed by atoms with van der Waals surface area (Å²) in [6.07, 6.45) is 0. The summed E-state index contributed by atoms with van der Waals surface area (Å²) in [5.74, 6) is 1.67. The lowest BCUT2D eigenvalue weighted by Gasteiger charge is -2.10. The number of ether oxygens (including phenoxy) is 1. The molecule has 7 nitrogen and oxygen atoms in total. The van der Waals surface area contributed by atoms with E-state index >= 15 is 0 Å². The third-order valence-electron chi connectivity index (χ3n) is 2.83. The number of aromatic nitrogens is 2. The number of anilines is 1. The molecule has 0 spiro atoms. The van der Waals surface area contributed by atoms with E-state index in [0.717, 1.165) is 0 Å². The van der Waals surface area contributed by atoms with E-state index in [-0.39, 0.29) is 5.69 Å². The van der Waals surface area contributed by atoms with Crippen molar-refractivity contribution in [2.24, 2.45) is 0 Å². The maximum Gasteiger partial charge on any atom is 0.272 e. The van der Waals surface area contributed by atoms with E-state index in [4.69, 9.17) is 10.5 Å². The van der Waals surface area contributed by atoms with E-state index in [1.165, 1.54) is 12.1 Å². The second kappa shape index (κ2) is 5.12. The average molecular weight is 274 g/mol. The first-order valence-electron chi connectivity index (χ1n) is 5.92. The van der Waals surface area contributed by atoms with Crippen LogP contribution in [0.15, 0.2) is 18.2 Å². The molecule has 1 heterocycles. The molecule has 1 aromatic heterocycles. The molecule has 104 valence electrons. The molecule has 0 fully saturated rings. The average Bonchev–Trinajstić information content (AvgIpc) is 2.35. The highest BCUT2D eigenvalue weighted by atomic mass is 16.6. The molecule has 20 heavy (non-hydrogen) atoms. The number of hydrogen-bond donors (Lipinski definition) is 1. The second-order valence-corrected chi connectivity index (χ2v) is 4.39. The molecule has 1 aromatic carbocycles. The van der Waals surface area contributed by atoms with Crippen LogP contribution in [0.4, 0.5) is 11.5 Å². The Hall–Kier alpha value is -2.70.